The normalized spacial score (nSPS) is 18.3. The topological polar surface area (TPSA) is 69.9 Å². The monoisotopic (exact) mass is 358 g/mol. The maximum absolute atomic E-state index is 10.1. The number of benzene rings is 2. The minimum Gasteiger partial charge on any atom is -0.504 e. The number of para-hydroxylation sites is 2. The Hall–Kier alpha value is -2.36. The lowest BCUT2D eigenvalue weighted by Gasteiger charge is -2.34. The third-order valence-electron chi connectivity index (χ3n) is 4.81. The summed E-state index contributed by atoms with van der Waals surface area (Å²) in [5, 5.41) is 29.7. The molecule has 1 aliphatic rings. The zero-order chi connectivity index (χ0) is 19.1. The van der Waals surface area contributed by atoms with Crippen LogP contribution in [0.2, 0.25) is 0 Å². The van der Waals surface area contributed by atoms with E-state index >= 15 is 0 Å². The number of aryl methyl sites for hydroxylation is 1. The molecule has 4 heteroatoms. The van der Waals surface area contributed by atoms with Gasteiger partial charge in [0.15, 0.2) is 23.0 Å². The zero-order valence-corrected chi connectivity index (χ0v) is 15.9. The second kappa shape index (κ2) is 9.37. The molecule has 0 saturated heterocycles. The summed E-state index contributed by atoms with van der Waals surface area (Å²) in [6.45, 7) is 6.16. The number of ether oxygens (including phenoxy) is 1. The largest absolute Gasteiger partial charge is 0.504 e. The van der Waals surface area contributed by atoms with Gasteiger partial charge < -0.3 is 20.1 Å². The van der Waals surface area contributed by atoms with Gasteiger partial charge in [-0.25, -0.2) is 0 Å². The fourth-order valence-electron chi connectivity index (χ4n) is 3.56. The van der Waals surface area contributed by atoms with Crippen LogP contribution in [-0.2, 0) is 12.8 Å². The predicted octanol–water partition coefficient (Wildman–Crippen LogP) is 5.18. The second-order valence-electron chi connectivity index (χ2n) is 6.50. The molecule has 142 valence electrons. The van der Waals surface area contributed by atoms with Crippen LogP contribution >= 0.6 is 0 Å². The molecule has 1 aliphatic heterocycles. The van der Waals surface area contributed by atoms with E-state index in [1.54, 1.807) is 12.1 Å². The van der Waals surface area contributed by atoms with Crippen LogP contribution in [0.15, 0.2) is 36.4 Å². The summed E-state index contributed by atoms with van der Waals surface area (Å²) in [6, 6.07) is 10.5. The molecule has 3 N–H and O–H groups in total. The van der Waals surface area contributed by atoms with Crippen LogP contribution in [0.4, 0.5) is 0 Å². The molecule has 2 unspecified atom stereocenters. The van der Waals surface area contributed by atoms with E-state index in [0.717, 1.165) is 36.8 Å². The Morgan fingerprint density at radius 3 is 2.38 bits per heavy atom. The Kier molecular flexibility index (Phi) is 7.19. The first-order chi connectivity index (χ1) is 12.6. The van der Waals surface area contributed by atoms with Crippen molar-refractivity contribution in [2.24, 2.45) is 5.92 Å². The van der Waals surface area contributed by atoms with E-state index in [-0.39, 0.29) is 23.4 Å². The Morgan fingerprint density at radius 1 is 0.962 bits per heavy atom. The van der Waals surface area contributed by atoms with Gasteiger partial charge >= 0.3 is 0 Å². The van der Waals surface area contributed by atoms with Crippen molar-refractivity contribution in [3.63, 3.8) is 0 Å². The summed E-state index contributed by atoms with van der Waals surface area (Å²) in [6.07, 6.45) is 4.38. The van der Waals surface area contributed by atoms with Gasteiger partial charge in [0.05, 0.1) is 0 Å². The zero-order valence-electron chi connectivity index (χ0n) is 15.9. The number of fused-ring (bicyclic) bond motifs is 1. The van der Waals surface area contributed by atoms with Crippen LogP contribution in [0.1, 0.15) is 51.2 Å². The molecule has 26 heavy (non-hydrogen) atoms. The number of phenolic OH excluding ortho intramolecular Hbond substituents is 3. The molecule has 0 amide bonds. The molecule has 0 bridgehead atoms. The lowest BCUT2D eigenvalue weighted by Crippen LogP contribution is -2.33. The maximum atomic E-state index is 10.1. The van der Waals surface area contributed by atoms with Crippen LogP contribution in [0.5, 0.6) is 23.0 Å². The summed E-state index contributed by atoms with van der Waals surface area (Å²) in [7, 11) is 0. The molecule has 0 saturated carbocycles. The van der Waals surface area contributed by atoms with Gasteiger partial charge in [-0.2, -0.15) is 0 Å². The van der Waals surface area contributed by atoms with Crippen molar-refractivity contribution in [2.45, 2.75) is 59.0 Å². The Labute approximate surface area is 156 Å². The minimum absolute atomic E-state index is 0.00695. The van der Waals surface area contributed by atoms with Gasteiger partial charge in [0, 0.05) is 5.92 Å². The molecule has 1 heterocycles. The lowest BCUT2D eigenvalue weighted by molar-refractivity contribution is 0.0946. The van der Waals surface area contributed by atoms with Crippen molar-refractivity contribution >= 4 is 0 Å². The van der Waals surface area contributed by atoms with Gasteiger partial charge in [0.2, 0.25) is 0 Å². The highest BCUT2D eigenvalue weighted by Crippen LogP contribution is 2.40. The van der Waals surface area contributed by atoms with Crippen LogP contribution in [0.25, 0.3) is 0 Å². The highest BCUT2D eigenvalue weighted by atomic mass is 16.5. The number of rotatable bonds is 5. The average molecular weight is 358 g/mol. The number of phenols is 3. The van der Waals surface area contributed by atoms with Crippen LogP contribution < -0.4 is 4.74 Å². The first-order valence-corrected chi connectivity index (χ1v) is 9.57. The van der Waals surface area contributed by atoms with Crippen LogP contribution in [0, 0.1) is 5.92 Å². The fourth-order valence-corrected chi connectivity index (χ4v) is 3.56. The SMILES string of the molecule is CC.CCCC1Cc2cccc(O)c2OC1CCc1cccc(O)c1O. The lowest BCUT2D eigenvalue weighted by atomic mass is 9.84. The average Bonchev–Trinajstić information content (AvgIpc) is 2.65. The van der Waals surface area contributed by atoms with Gasteiger partial charge in [0.1, 0.15) is 6.10 Å². The van der Waals surface area contributed by atoms with E-state index in [2.05, 4.69) is 6.92 Å². The van der Waals surface area contributed by atoms with Crippen molar-refractivity contribution in [2.75, 3.05) is 0 Å². The van der Waals surface area contributed by atoms with E-state index in [4.69, 9.17) is 4.74 Å². The maximum Gasteiger partial charge on any atom is 0.164 e. The summed E-state index contributed by atoms with van der Waals surface area (Å²) < 4.78 is 6.13. The summed E-state index contributed by atoms with van der Waals surface area (Å²) in [4.78, 5) is 0. The van der Waals surface area contributed by atoms with Crippen molar-refractivity contribution in [1.82, 2.24) is 0 Å². The molecule has 0 spiro atoms. The Morgan fingerprint density at radius 2 is 1.65 bits per heavy atom. The first kappa shape index (κ1) is 20.0. The molecule has 2 atom stereocenters. The molecular weight excluding hydrogens is 328 g/mol. The molecule has 4 nitrogen and oxygen atoms in total. The van der Waals surface area contributed by atoms with Gasteiger partial charge in [0.25, 0.3) is 0 Å². The summed E-state index contributed by atoms with van der Waals surface area (Å²) in [5.41, 5.74) is 1.78. The Bertz CT molecular complexity index is 711. The summed E-state index contributed by atoms with van der Waals surface area (Å²) >= 11 is 0. The van der Waals surface area contributed by atoms with Gasteiger partial charge in [-0.1, -0.05) is 51.5 Å². The van der Waals surface area contributed by atoms with E-state index in [1.165, 1.54) is 6.07 Å². The van der Waals surface area contributed by atoms with E-state index in [0.29, 0.717) is 18.1 Å². The van der Waals surface area contributed by atoms with Crippen LogP contribution in [0.3, 0.4) is 0 Å². The minimum atomic E-state index is -0.0924. The van der Waals surface area contributed by atoms with E-state index < -0.39 is 0 Å². The Balaban J connectivity index is 0.00000117. The standard InChI is InChI=1S/C20H24O4.C2H6/c1-2-5-14-12-15-7-4-9-17(22)20(15)24-18(14)11-10-13-6-3-8-16(21)19(13)23;1-2/h3-4,6-9,14,18,21-23H,2,5,10-12H2,1H3;1-2H3. The van der Waals surface area contributed by atoms with E-state index in [1.807, 2.05) is 32.0 Å². The number of aromatic hydroxyl groups is 3. The fraction of sp³-hybridized carbons (Fsp3) is 0.455. The number of hydrogen-bond acceptors (Lipinski definition) is 4. The predicted molar refractivity (Wildman–Crippen MR) is 104 cm³/mol. The van der Waals surface area contributed by atoms with Gasteiger partial charge in [-0.15, -0.1) is 0 Å². The molecule has 0 radical (unpaired) electrons. The molecule has 2 aromatic rings. The van der Waals surface area contributed by atoms with Crippen LogP contribution in [-0.4, -0.2) is 21.4 Å². The van der Waals surface area contributed by atoms with Crippen molar-refractivity contribution < 1.29 is 20.1 Å². The van der Waals surface area contributed by atoms with E-state index in [9.17, 15) is 15.3 Å². The third kappa shape index (κ3) is 4.43. The second-order valence-corrected chi connectivity index (χ2v) is 6.50. The molecule has 3 rings (SSSR count). The van der Waals surface area contributed by atoms with Crippen molar-refractivity contribution in [3.05, 3.63) is 47.5 Å². The number of hydrogen-bond donors (Lipinski definition) is 3. The smallest absolute Gasteiger partial charge is 0.164 e. The molecule has 0 aromatic heterocycles. The van der Waals surface area contributed by atoms with Gasteiger partial charge in [-0.3, -0.25) is 0 Å². The summed E-state index contributed by atoms with van der Waals surface area (Å²) in [5.74, 6) is 1.03. The molecule has 0 aliphatic carbocycles. The highest BCUT2D eigenvalue weighted by Gasteiger charge is 2.30. The van der Waals surface area contributed by atoms with Gasteiger partial charge in [-0.05, 0) is 48.9 Å². The highest BCUT2D eigenvalue weighted by molar-refractivity contribution is 5.47. The van der Waals surface area contributed by atoms with Crippen molar-refractivity contribution in [3.8, 4) is 23.0 Å². The van der Waals surface area contributed by atoms with Crippen molar-refractivity contribution in [1.29, 1.82) is 0 Å². The molecular formula is C22H30O4. The quantitative estimate of drug-likeness (QED) is 0.644. The third-order valence-corrected chi connectivity index (χ3v) is 4.81. The molecule has 0 fully saturated rings. The molecule has 2 aromatic carbocycles. The first-order valence-electron chi connectivity index (χ1n) is 9.57.